The van der Waals surface area contributed by atoms with Gasteiger partial charge in [-0.3, -0.25) is 4.79 Å². The molecule has 1 N–H and O–H groups in total. The maximum atomic E-state index is 14.8. The molecule has 1 fully saturated rings. The summed E-state index contributed by atoms with van der Waals surface area (Å²) in [5, 5.41) is 9.93. The summed E-state index contributed by atoms with van der Waals surface area (Å²) in [6, 6.07) is 5.45. The molecular formula is C26H35FO4S. The number of aliphatic hydroxyl groups is 1. The molecule has 1 heterocycles. The topological polar surface area (TPSA) is 55.8 Å². The van der Waals surface area contributed by atoms with Gasteiger partial charge in [0, 0.05) is 23.8 Å². The number of benzene rings is 1. The molecule has 32 heavy (non-hydrogen) atoms. The minimum Gasteiger partial charge on any atom is -0.458 e. The predicted molar refractivity (Wildman–Crippen MR) is 127 cm³/mol. The Hall–Kier alpha value is -1.63. The van der Waals surface area contributed by atoms with E-state index < -0.39 is 12.2 Å². The van der Waals surface area contributed by atoms with Crippen LogP contribution in [0.5, 0.6) is 0 Å². The first-order valence-corrected chi connectivity index (χ1v) is 12.5. The lowest BCUT2D eigenvalue weighted by Crippen LogP contribution is -2.35. The highest BCUT2D eigenvalue weighted by Crippen LogP contribution is 2.47. The van der Waals surface area contributed by atoms with E-state index >= 15 is 0 Å². The Balaban J connectivity index is 1.95. The van der Waals surface area contributed by atoms with Crippen LogP contribution in [0.2, 0.25) is 0 Å². The number of aliphatic hydroxyl groups excluding tert-OH is 1. The average Bonchev–Trinajstić information content (AvgIpc) is 2.71. The molecule has 0 radical (unpaired) electrons. The van der Waals surface area contributed by atoms with E-state index in [0.29, 0.717) is 17.9 Å². The normalized spacial score (nSPS) is 27.9. The van der Waals surface area contributed by atoms with E-state index in [0.717, 1.165) is 29.7 Å². The van der Waals surface area contributed by atoms with Crippen molar-refractivity contribution in [2.45, 2.75) is 76.6 Å². The lowest BCUT2D eigenvalue weighted by Gasteiger charge is -2.41. The molecule has 3 rings (SSSR count). The zero-order valence-electron chi connectivity index (χ0n) is 19.5. The molecule has 1 aromatic carbocycles. The Morgan fingerprint density at radius 1 is 1.31 bits per heavy atom. The Labute approximate surface area is 195 Å². The number of rotatable bonds is 8. The smallest absolute Gasteiger partial charge is 0.309 e. The van der Waals surface area contributed by atoms with Crippen LogP contribution >= 0.6 is 11.8 Å². The predicted octanol–water partition coefficient (Wildman–Crippen LogP) is 5.79. The molecule has 1 aliphatic carbocycles. The molecule has 0 aromatic heterocycles. The number of hydrogen-bond donors (Lipinski definition) is 1. The summed E-state index contributed by atoms with van der Waals surface area (Å²) in [4.78, 5) is 12.4. The number of carbonyl (C=O) groups excluding carboxylic acids is 1. The maximum absolute atomic E-state index is 14.8. The van der Waals surface area contributed by atoms with E-state index in [1.165, 1.54) is 11.8 Å². The van der Waals surface area contributed by atoms with Crippen LogP contribution < -0.4 is 0 Å². The van der Waals surface area contributed by atoms with Crippen LogP contribution in [0.1, 0.15) is 58.9 Å². The average molecular weight is 463 g/mol. The van der Waals surface area contributed by atoms with Crippen molar-refractivity contribution in [2.24, 2.45) is 11.3 Å². The number of thioether (sulfide) groups is 1. The molecule has 0 bridgehead atoms. The van der Waals surface area contributed by atoms with Crippen LogP contribution in [0.4, 0.5) is 4.39 Å². The van der Waals surface area contributed by atoms with Gasteiger partial charge in [0.1, 0.15) is 11.9 Å². The van der Waals surface area contributed by atoms with Crippen molar-refractivity contribution in [1.82, 2.24) is 0 Å². The van der Waals surface area contributed by atoms with Crippen LogP contribution in [-0.2, 0) is 14.3 Å². The molecule has 0 amide bonds. The third-order valence-electron chi connectivity index (χ3n) is 6.08. The molecule has 4 atom stereocenters. The summed E-state index contributed by atoms with van der Waals surface area (Å²) in [5.41, 5.74) is 1.72. The monoisotopic (exact) mass is 462 g/mol. The third-order valence-corrected chi connectivity index (χ3v) is 7.01. The molecule has 0 spiro atoms. The Kier molecular flexibility index (Phi) is 8.59. The first-order chi connectivity index (χ1) is 15.2. The third kappa shape index (κ3) is 6.24. The highest BCUT2D eigenvalue weighted by atomic mass is 32.2. The molecule has 1 aliphatic heterocycles. The zero-order valence-corrected chi connectivity index (χ0v) is 20.3. The maximum Gasteiger partial charge on any atom is 0.309 e. The van der Waals surface area contributed by atoms with Gasteiger partial charge in [0.2, 0.25) is 0 Å². The first kappa shape index (κ1) is 25.0. The van der Waals surface area contributed by atoms with Crippen LogP contribution in [0, 0.1) is 17.2 Å². The van der Waals surface area contributed by atoms with Crippen molar-refractivity contribution >= 4 is 23.3 Å². The number of allylic oxidation sites excluding steroid dienone is 2. The fraction of sp³-hybridized carbons (Fsp3) is 0.577. The molecule has 2 unspecified atom stereocenters. The largest absolute Gasteiger partial charge is 0.458 e. The van der Waals surface area contributed by atoms with E-state index in [-0.39, 0.29) is 35.6 Å². The number of esters is 1. The summed E-state index contributed by atoms with van der Waals surface area (Å²) >= 11 is 1.49. The molecular weight excluding hydrogens is 427 g/mol. The molecule has 4 nitrogen and oxygen atoms in total. The van der Waals surface area contributed by atoms with Crippen molar-refractivity contribution in [3.63, 3.8) is 0 Å². The van der Waals surface area contributed by atoms with E-state index in [1.54, 1.807) is 6.07 Å². The van der Waals surface area contributed by atoms with Gasteiger partial charge >= 0.3 is 5.97 Å². The van der Waals surface area contributed by atoms with Crippen molar-refractivity contribution < 1.29 is 23.8 Å². The second-order valence-corrected chi connectivity index (χ2v) is 10.6. The SMILES string of the molecule is CCCOC1C=C(c2ccc(SCC)c(F)c2)C(C=C[C@H]2C[C@H](O)CC(=O)O2)C(C)(C)C1. The Morgan fingerprint density at radius 3 is 2.75 bits per heavy atom. The second kappa shape index (κ2) is 11.0. The fourth-order valence-corrected chi connectivity index (χ4v) is 5.23. The Morgan fingerprint density at radius 2 is 2.09 bits per heavy atom. The van der Waals surface area contributed by atoms with Gasteiger partial charge < -0.3 is 14.6 Å². The summed E-state index contributed by atoms with van der Waals surface area (Å²) < 4.78 is 26.3. The zero-order chi connectivity index (χ0) is 23.3. The lowest BCUT2D eigenvalue weighted by molar-refractivity contribution is -0.156. The van der Waals surface area contributed by atoms with Gasteiger partial charge in [0.05, 0.1) is 18.6 Å². The molecule has 1 saturated heterocycles. The Bertz CT molecular complexity index is 863. The second-order valence-electron chi connectivity index (χ2n) is 9.29. The number of ether oxygens (including phenoxy) is 2. The van der Waals surface area contributed by atoms with Crippen molar-refractivity contribution in [3.05, 3.63) is 47.8 Å². The van der Waals surface area contributed by atoms with Crippen molar-refractivity contribution in [2.75, 3.05) is 12.4 Å². The molecule has 176 valence electrons. The molecule has 1 aromatic rings. The number of hydrogen-bond acceptors (Lipinski definition) is 5. The van der Waals surface area contributed by atoms with E-state index in [2.05, 4.69) is 32.9 Å². The van der Waals surface area contributed by atoms with Gasteiger partial charge in [0.15, 0.2) is 0 Å². The number of halogens is 1. The van der Waals surface area contributed by atoms with Gasteiger partial charge in [-0.25, -0.2) is 4.39 Å². The van der Waals surface area contributed by atoms with E-state index in [4.69, 9.17) is 9.47 Å². The molecule has 6 heteroatoms. The van der Waals surface area contributed by atoms with Gasteiger partial charge in [-0.15, -0.1) is 11.8 Å². The van der Waals surface area contributed by atoms with Crippen LogP contribution in [-0.4, -0.2) is 41.7 Å². The van der Waals surface area contributed by atoms with E-state index in [1.807, 2.05) is 25.1 Å². The van der Waals surface area contributed by atoms with Crippen LogP contribution in [0.25, 0.3) is 5.57 Å². The van der Waals surface area contributed by atoms with Crippen molar-refractivity contribution in [1.29, 1.82) is 0 Å². The fourth-order valence-electron chi connectivity index (χ4n) is 4.56. The minimum atomic E-state index is -0.676. The quantitative estimate of drug-likeness (QED) is 0.301. The highest BCUT2D eigenvalue weighted by Gasteiger charge is 2.38. The van der Waals surface area contributed by atoms with Gasteiger partial charge in [-0.1, -0.05) is 45.9 Å². The van der Waals surface area contributed by atoms with Crippen molar-refractivity contribution in [3.8, 4) is 0 Å². The van der Waals surface area contributed by atoms with Gasteiger partial charge in [0.25, 0.3) is 0 Å². The highest BCUT2D eigenvalue weighted by molar-refractivity contribution is 7.99. The first-order valence-electron chi connectivity index (χ1n) is 11.6. The number of carbonyl (C=O) groups is 1. The standard InChI is InChI=1S/C26H35FO4S/c1-5-11-30-20-15-21(17-7-10-24(32-6-2)23(27)12-17)22(26(3,4)16-20)9-8-19-13-18(28)14-25(29)31-19/h7-10,12,15,18-20,22,28H,5-6,11,13-14,16H2,1-4H3/t18-,19-,20?,22?/m0/s1. The summed E-state index contributed by atoms with van der Waals surface area (Å²) in [7, 11) is 0. The summed E-state index contributed by atoms with van der Waals surface area (Å²) in [6.45, 7) is 9.16. The van der Waals surface area contributed by atoms with Gasteiger partial charge in [-0.05, 0) is 53.4 Å². The lowest BCUT2D eigenvalue weighted by atomic mass is 9.66. The molecule has 0 saturated carbocycles. The molecule has 2 aliphatic rings. The van der Waals surface area contributed by atoms with E-state index in [9.17, 15) is 14.3 Å². The van der Waals surface area contributed by atoms with Gasteiger partial charge in [-0.2, -0.15) is 0 Å². The summed E-state index contributed by atoms with van der Waals surface area (Å²) in [5.74, 6) is 0.217. The van der Waals surface area contributed by atoms with Crippen LogP contribution in [0.3, 0.4) is 0 Å². The summed E-state index contributed by atoms with van der Waals surface area (Å²) in [6.07, 6.45) is 7.13. The van der Waals surface area contributed by atoms with Crippen LogP contribution in [0.15, 0.2) is 41.3 Å². The minimum absolute atomic E-state index is 0.00849. The number of cyclic esters (lactones) is 1.